The number of nitrogens with zero attached hydrogens (tertiary/aromatic N) is 2. The topological polar surface area (TPSA) is 73.3 Å². The van der Waals surface area contributed by atoms with E-state index in [0.29, 0.717) is 22.9 Å². The van der Waals surface area contributed by atoms with Crippen LogP contribution < -0.4 is 14.8 Å². The number of anilines is 1. The number of aromatic nitrogens is 2. The second kappa shape index (κ2) is 9.31. The molecule has 0 aliphatic heterocycles. The minimum Gasteiger partial charge on any atom is -0.497 e. The number of carbonyl (C=O) groups is 1. The summed E-state index contributed by atoms with van der Waals surface area (Å²) in [5.41, 5.74) is 5.06. The van der Waals surface area contributed by atoms with Crippen molar-refractivity contribution in [3.8, 4) is 28.6 Å². The van der Waals surface area contributed by atoms with Crippen molar-refractivity contribution in [2.45, 2.75) is 13.8 Å². The van der Waals surface area contributed by atoms with Gasteiger partial charge in [0, 0.05) is 22.9 Å². The molecule has 0 bridgehead atoms. The lowest BCUT2D eigenvalue weighted by Crippen LogP contribution is -2.12. The van der Waals surface area contributed by atoms with E-state index in [1.807, 2.05) is 56.3 Å². The molecule has 0 fully saturated rings. The van der Waals surface area contributed by atoms with Gasteiger partial charge < -0.3 is 14.8 Å². The van der Waals surface area contributed by atoms with Gasteiger partial charge in [-0.05, 0) is 73.5 Å². The fourth-order valence-corrected chi connectivity index (χ4v) is 3.16. The van der Waals surface area contributed by atoms with Crippen LogP contribution in [0.5, 0.6) is 17.4 Å². The van der Waals surface area contributed by atoms with E-state index in [1.165, 1.54) is 11.9 Å². The summed E-state index contributed by atoms with van der Waals surface area (Å²) in [5, 5.41) is 2.95. The lowest BCUT2D eigenvalue weighted by atomic mass is 10.1. The molecule has 32 heavy (non-hydrogen) atoms. The highest BCUT2D eigenvalue weighted by atomic mass is 16.5. The van der Waals surface area contributed by atoms with Gasteiger partial charge in [0.25, 0.3) is 5.91 Å². The first kappa shape index (κ1) is 21.1. The van der Waals surface area contributed by atoms with E-state index in [4.69, 9.17) is 9.47 Å². The summed E-state index contributed by atoms with van der Waals surface area (Å²) in [5.74, 6) is 1.61. The summed E-state index contributed by atoms with van der Waals surface area (Å²) in [7, 11) is 1.61. The Balaban J connectivity index is 1.52. The molecule has 6 heteroatoms. The van der Waals surface area contributed by atoms with Crippen LogP contribution >= 0.6 is 0 Å². The molecule has 0 atom stereocenters. The van der Waals surface area contributed by atoms with Crippen molar-refractivity contribution in [1.82, 2.24) is 9.97 Å². The van der Waals surface area contributed by atoms with Crippen molar-refractivity contribution in [2.24, 2.45) is 0 Å². The SMILES string of the molecule is COc1ccc(Oc2cc(-c3cccc(C(=O)Nc4ccc(C)c(C)c4)c3)ncn2)cc1. The van der Waals surface area contributed by atoms with Gasteiger partial charge in [0.05, 0.1) is 12.8 Å². The Morgan fingerprint density at radius 2 is 1.62 bits per heavy atom. The Morgan fingerprint density at radius 1 is 0.844 bits per heavy atom. The largest absolute Gasteiger partial charge is 0.497 e. The fourth-order valence-electron chi connectivity index (χ4n) is 3.16. The van der Waals surface area contributed by atoms with Gasteiger partial charge in [0.15, 0.2) is 0 Å². The van der Waals surface area contributed by atoms with Crippen LogP contribution in [0.3, 0.4) is 0 Å². The minimum atomic E-state index is -0.182. The first-order chi connectivity index (χ1) is 15.5. The zero-order valence-corrected chi connectivity index (χ0v) is 18.1. The van der Waals surface area contributed by atoms with Gasteiger partial charge in [-0.25, -0.2) is 9.97 Å². The molecule has 160 valence electrons. The molecular formula is C26H23N3O3. The van der Waals surface area contributed by atoms with Crippen LogP contribution in [0.15, 0.2) is 79.1 Å². The van der Waals surface area contributed by atoms with E-state index < -0.39 is 0 Å². The van der Waals surface area contributed by atoms with Gasteiger partial charge in [-0.2, -0.15) is 0 Å². The molecule has 0 radical (unpaired) electrons. The van der Waals surface area contributed by atoms with Gasteiger partial charge in [0.1, 0.15) is 17.8 Å². The van der Waals surface area contributed by atoms with Crippen molar-refractivity contribution in [3.05, 3.63) is 95.8 Å². The Bertz CT molecular complexity index is 1250. The molecule has 0 aliphatic carbocycles. The van der Waals surface area contributed by atoms with Crippen LogP contribution in [0.4, 0.5) is 5.69 Å². The van der Waals surface area contributed by atoms with Crippen molar-refractivity contribution in [3.63, 3.8) is 0 Å². The Morgan fingerprint density at radius 3 is 2.38 bits per heavy atom. The number of rotatable bonds is 6. The van der Waals surface area contributed by atoms with Crippen LogP contribution in [0.25, 0.3) is 11.3 Å². The van der Waals surface area contributed by atoms with Crippen LogP contribution in [0.2, 0.25) is 0 Å². The zero-order chi connectivity index (χ0) is 22.5. The third-order valence-electron chi connectivity index (χ3n) is 5.11. The van der Waals surface area contributed by atoms with E-state index in [2.05, 4.69) is 15.3 Å². The number of hydrogen-bond donors (Lipinski definition) is 1. The van der Waals surface area contributed by atoms with Crippen molar-refractivity contribution in [2.75, 3.05) is 12.4 Å². The smallest absolute Gasteiger partial charge is 0.255 e. The van der Waals surface area contributed by atoms with Gasteiger partial charge in [0.2, 0.25) is 5.88 Å². The van der Waals surface area contributed by atoms with Crippen molar-refractivity contribution < 1.29 is 14.3 Å². The third kappa shape index (κ3) is 4.92. The summed E-state index contributed by atoms with van der Waals surface area (Å²) in [6, 6.07) is 22.1. The van der Waals surface area contributed by atoms with E-state index >= 15 is 0 Å². The Kier molecular flexibility index (Phi) is 6.12. The van der Waals surface area contributed by atoms with E-state index in [0.717, 1.165) is 22.6 Å². The highest BCUT2D eigenvalue weighted by Crippen LogP contribution is 2.26. The molecule has 6 nitrogen and oxygen atoms in total. The highest BCUT2D eigenvalue weighted by Gasteiger charge is 2.10. The molecule has 3 aromatic carbocycles. The molecule has 1 aromatic heterocycles. The number of benzene rings is 3. The minimum absolute atomic E-state index is 0.182. The van der Waals surface area contributed by atoms with Gasteiger partial charge in [-0.3, -0.25) is 4.79 Å². The number of hydrogen-bond acceptors (Lipinski definition) is 5. The van der Waals surface area contributed by atoms with Crippen molar-refractivity contribution >= 4 is 11.6 Å². The van der Waals surface area contributed by atoms with Gasteiger partial charge in [-0.1, -0.05) is 18.2 Å². The molecule has 0 aliphatic rings. The number of ether oxygens (including phenoxy) is 2. The molecule has 1 heterocycles. The number of carbonyl (C=O) groups excluding carboxylic acids is 1. The number of nitrogens with one attached hydrogen (secondary N) is 1. The Hall–Kier alpha value is -4.19. The van der Waals surface area contributed by atoms with E-state index in [-0.39, 0.29) is 5.91 Å². The predicted octanol–water partition coefficient (Wildman–Crippen LogP) is 5.81. The van der Waals surface area contributed by atoms with E-state index in [1.54, 1.807) is 37.4 Å². The summed E-state index contributed by atoms with van der Waals surface area (Å²) in [4.78, 5) is 21.3. The number of amides is 1. The maximum absolute atomic E-state index is 12.8. The molecule has 1 N–H and O–H groups in total. The number of methoxy groups -OCH3 is 1. The van der Waals surface area contributed by atoms with Crippen LogP contribution in [-0.2, 0) is 0 Å². The standard InChI is InChI=1S/C26H23N3O3/c1-17-7-8-21(13-18(17)2)29-26(30)20-6-4-5-19(14-20)24-15-25(28-16-27-24)32-23-11-9-22(31-3)10-12-23/h4-16H,1-3H3,(H,29,30). The quantitative estimate of drug-likeness (QED) is 0.422. The number of aryl methyl sites for hydroxylation is 2. The normalized spacial score (nSPS) is 10.5. The Labute approximate surface area is 186 Å². The maximum Gasteiger partial charge on any atom is 0.255 e. The van der Waals surface area contributed by atoms with Crippen LogP contribution in [0.1, 0.15) is 21.5 Å². The average molecular weight is 425 g/mol. The predicted molar refractivity (Wildman–Crippen MR) is 124 cm³/mol. The molecule has 4 rings (SSSR count). The van der Waals surface area contributed by atoms with Crippen LogP contribution in [0, 0.1) is 13.8 Å². The van der Waals surface area contributed by atoms with E-state index in [9.17, 15) is 4.79 Å². The monoisotopic (exact) mass is 425 g/mol. The molecule has 1 amide bonds. The molecule has 0 spiro atoms. The molecule has 4 aromatic rings. The third-order valence-corrected chi connectivity index (χ3v) is 5.11. The summed E-state index contributed by atoms with van der Waals surface area (Å²) >= 11 is 0. The zero-order valence-electron chi connectivity index (χ0n) is 18.1. The lowest BCUT2D eigenvalue weighted by molar-refractivity contribution is 0.102. The second-order valence-corrected chi connectivity index (χ2v) is 7.35. The van der Waals surface area contributed by atoms with Gasteiger partial charge >= 0.3 is 0 Å². The summed E-state index contributed by atoms with van der Waals surface area (Å²) < 4.78 is 11.0. The highest BCUT2D eigenvalue weighted by molar-refractivity contribution is 6.05. The second-order valence-electron chi connectivity index (χ2n) is 7.35. The molecular weight excluding hydrogens is 402 g/mol. The van der Waals surface area contributed by atoms with Crippen molar-refractivity contribution in [1.29, 1.82) is 0 Å². The van der Waals surface area contributed by atoms with Crippen LogP contribution in [-0.4, -0.2) is 23.0 Å². The molecule has 0 saturated carbocycles. The maximum atomic E-state index is 12.8. The average Bonchev–Trinajstić information content (AvgIpc) is 2.82. The summed E-state index contributed by atoms with van der Waals surface area (Å²) in [6.45, 7) is 4.06. The first-order valence-electron chi connectivity index (χ1n) is 10.1. The van der Waals surface area contributed by atoms with Gasteiger partial charge in [-0.15, -0.1) is 0 Å². The fraction of sp³-hybridized carbons (Fsp3) is 0.115. The molecule has 0 saturated heterocycles. The summed E-state index contributed by atoms with van der Waals surface area (Å²) in [6.07, 6.45) is 1.44. The molecule has 0 unspecified atom stereocenters. The lowest BCUT2D eigenvalue weighted by Gasteiger charge is -2.10. The first-order valence-corrected chi connectivity index (χ1v) is 10.1.